The van der Waals surface area contributed by atoms with Gasteiger partial charge < -0.3 is 0 Å². The first-order chi connectivity index (χ1) is 8.45. The lowest BCUT2D eigenvalue weighted by atomic mass is 9.64. The van der Waals surface area contributed by atoms with E-state index in [0.29, 0.717) is 4.90 Å². The molecule has 1 aromatic carbocycles. The normalized spacial score (nSPS) is 33.8. The summed E-state index contributed by atoms with van der Waals surface area (Å²) in [6, 6.07) is 8.83. The molecule has 2 aliphatic rings. The molecule has 0 aromatic heterocycles. The standard InChI is InChI=1S/C13H14Br2O2S/c14-13(15)10-7-4-8-11(13)12(10)18(16,17)9-5-2-1-3-6-9/h1-3,5-6,10-12H,4,7-8H2/t10-,11-/m1/s1. The molecule has 2 bridgehead atoms. The van der Waals surface area contributed by atoms with Crippen LogP contribution < -0.4 is 0 Å². The lowest BCUT2D eigenvalue weighted by Crippen LogP contribution is -2.63. The molecule has 0 aliphatic heterocycles. The molecular formula is C13H14Br2O2S. The number of hydrogen-bond donors (Lipinski definition) is 0. The SMILES string of the molecule is O=S(=O)(c1ccccc1)C1[C@H]2CCC[C@H]1C2(Br)Br. The van der Waals surface area contributed by atoms with Crippen LogP contribution >= 0.6 is 31.9 Å². The van der Waals surface area contributed by atoms with Crippen molar-refractivity contribution in [1.29, 1.82) is 0 Å². The minimum Gasteiger partial charge on any atom is -0.223 e. The first-order valence-corrected chi connectivity index (χ1v) is 9.25. The summed E-state index contributed by atoms with van der Waals surface area (Å²) in [4.78, 5) is 0.461. The third kappa shape index (κ3) is 1.74. The zero-order valence-corrected chi connectivity index (χ0v) is 13.7. The van der Waals surface area contributed by atoms with E-state index in [9.17, 15) is 8.42 Å². The van der Waals surface area contributed by atoms with E-state index >= 15 is 0 Å². The summed E-state index contributed by atoms with van der Waals surface area (Å²) < 4.78 is 25.2. The van der Waals surface area contributed by atoms with E-state index in [0.717, 1.165) is 19.3 Å². The van der Waals surface area contributed by atoms with Gasteiger partial charge in [-0.3, -0.25) is 0 Å². The molecule has 3 rings (SSSR count). The summed E-state index contributed by atoms with van der Waals surface area (Å²) in [5, 5.41) is -0.229. The second-order valence-corrected chi connectivity index (χ2v) is 10.9. The van der Waals surface area contributed by atoms with Gasteiger partial charge >= 0.3 is 0 Å². The second-order valence-electron chi connectivity index (χ2n) is 5.14. The zero-order chi connectivity index (χ0) is 13.0. The summed E-state index contributed by atoms with van der Waals surface area (Å²) in [5.74, 6) is 0.364. The van der Waals surface area contributed by atoms with Gasteiger partial charge in [-0.05, 0) is 25.0 Å². The molecule has 18 heavy (non-hydrogen) atoms. The number of benzene rings is 1. The minimum atomic E-state index is -3.19. The van der Waals surface area contributed by atoms with Crippen molar-refractivity contribution >= 4 is 41.7 Å². The number of halogens is 2. The number of hydrogen-bond acceptors (Lipinski definition) is 2. The number of rotatable bonds is 2. The van der Waals surface area contributed by atoms with E-state index in [-0.39, 0.29) is 20.3 Å². The molecule has 98 valence electrons. The summed E-state index contributed by atoms with van der Waals surface area (Å²) in [5.41, 5.74) is 0. The molecule has 5 heteroatoms. The van der Waals surface area contributed by atoms with Crippen LogP contribution in [0, 0.1) is 11.8 Å². The summed E-state index contributed by atoms with van der Waals surface area (Å²) in [6.07, 6.45) is 3.09. The second kappa shape index (κ2) is 4.32. The fourth-order valence-electron chi connectivity index (χ4n) is 3.35. The van der Waals surface area contributed by atoms with Gasteiger partial charge in [0, 0.05) is 11.8 Å². The lowest BCUT2D eigenvalue weighted by molar-refractivity contribution is 0.121. The van der Waals surface area contributed by atoms with Gasteiger partial charge in [0.05, 0.1) is 13.4 Å². The van der Waals surface area contributed by atoms with Crippen LogP contribution in [0.2, 0.25) is 0 Å². The molecule has 0 spiro atoms. The number of fused-ring (bicyclic) bond motifs is 2. The largest absolute Gasteiger partial charge is 0.223 e. The van der Waals surface area contributed by atoms with Gasteiger partial charge in [0.2, 0.25) is 0 Å². The van der Waals surface area contributed by atoms with Gasteiger partial charge in [0.25, 0.3) is 0 Å². The Morgan fingerprint density at radius 2 is 1.61 bits per heavy atom. The average Bonchev–Trinajstić information content (AvgIpc) is 2.39. The molecular weight excluding hydrogens is 380 g/mol. The van der Waals surface area contributed by atoms with Crippen LogP contribution in [0.4, 0.5) is 0 Å². The Hall–Kier alpha value is 0.130. The molecule has 2 nitrogen and oxygen atoms in total. The smallest absolute Gasteiger partial charge is 0.181 e. The van der Waals surface area contributed by atoms with Crippen molar-refractivity contribution in [2.24, 2.45) is 11.8 Å². The highest BCUT2D eigenvalue weighted by molar-refractivity contribution is 9.25. The predicted octanol–water partition coefficient (Wildman–Crippen LogP) is 3.74. The number of alkyl halides is 2. The summed E-state index contributed by atoms with van der Waals surface area (Å²) in [7, 11) is -3.19. The van der Waals surface area contributed by atoms with Crippen LogP contribution in [0.15, 0.2) is 35.2 Å². The highest BCUT2D eigenvalue weighted by Crippen LogP contribution is 2.64. The van der Waals surface area contributed by atoms with E-state index in [2.05, 4.69) is 31.9 Å². The van der Waals surface area contributed by atoms with Crippen LogP contribution in [0.1, 0.15) is 19.3 Å². The maximum absolute atomic E-state index is 12.7. The molecule has 0 amide bonds. The van der Waals surface area contributed by atoms with Crippen molar-refractivity contribution in [3.05, 3.63) is 30.3 Å². The Labute approximate surface area is 124 Å². The molecule has 2 saturated carbocycles. The fourth-order valence-corrected chi connectivity index (χ4v) is 8.52. The predicted molar refractivity (Wildman–Crippen MR) is 78.8 cm³/mol. The highest BCUT2D eigenvalue weighted by atomic mass is 79.9. The Morgan fingerprint density at radius 1 is 1.06 bits per heavy atom. The number of sulfone groups is 1. The minimum absolute atomic E-state index is 0.162. The van der Waals surface area contributed by atoms with Crippen molar-refractivity contribution in [2.45, 2.75) is 32.6 Å². The first kappa shape index (κ1) is 13.1. The van der Waals surface area contributed by atoms with Gasteiger partial charge in [-0.1, -0.05) is 56.5 Å². The van der Waals surface area contributed by atoms with Gasteiger partial charge in [-0.15, -0.1) is 0 Å². The molecule has 0 unspecified atom stereocenters. The first-order valence-electron chi connectivity index (χ1n) is 6.12. The van der Waals surface area contributed by atoms with E-state index < -0.39 is 9.84 Å². The molecule has 2 aliphatic carbocycles. The van der Waals surface area contributed by atoms with Crippen LogP contribution in [0.25, 0.3) is 0 Å². The molecule has 0 saturated heterocycles. The topological polar surface area (TPSA) is 34.1 Å². The zero-order valence-electron chi connectivity index (χ0n) is 9.72. The van der Waals surface area contributed by atoms with Crippen molar-refractivity contribution in [2.75, 3.05) is 0 Å². The Balaban J connectivity index is 1.98. The molecule has 0 heterocycles. The highest BCUT2D eigenvalue weighted by Gasteiger charge is 2.65. The van der Waals surface area contributed by atoms with Crippen LogP contribution in [-0.4, -0.2) is 16.9 Å². The lowest BCUT2D eigenvalue weighted by Gasteiger charge is -2.58. The summed E-state index contributed by atoms with van der Waals surface area (Å²) in [6.45, 7) is 0. The maximum Gasteiger partial charge on any atom is 0.181 e. The van der Waals surface area contributed by atoms with Gasteiger partial charge in [-0.25, -0.2) is 8.42 Å². The third-order valence-electron chi connectivity index (χ3n) is 4.24. The monoisotopic (exact) mass is 392 g/mol. The van der Waals surface area contributed by atoms with E-state index in [1.165, 1.54) is 0 Å². The Morgan fingerprint density at radius 3 is 2.11 bits per heavy atom. The Kier molecular flexibility index (Phi) is 3.15. The summed E-state index contributed by atoms with van der Waals surface area (Å²) >= 11 is 7.33. The molecule has 1 aromatic rings. The van der Waals surface area contributed by atoms with Crippen LogP contribution in [0.5, 0.6) is 0 Å². The molecule has 0 radical (unpaired) electrons. The van der Waals surface area contributed by atoms with E-state index in [4.69, 9.17) is 0 Å². The fraction of sp³-hybridized carbons (Fsp3) is 0.538. The average molecular weight is 394 g/mol. The molecule has 2 fully saturated rings. The quantitative estimate of drug-likeness (QED) is 0.717. The van der Waals surface area contributed by atoms with E-state index in [1.54, 1.807) is 24.3 Å². The van der Waals surface area contributed by atoms with Gasteiger partial charge in [0.15, 0.2) is 9.84 Å². The van der Waals surface area contributed by atoms with Crippen molar-refractivity contribution in [1.82, 2.24) is 0 Å². The van der Waals surface area contributed by atoms with Gasteiger partial charge in [0.1, 0.15) is 0 Å². The van der Waals surface area contributed by atoms with Crippen molar-refractivity contribution in [3.63, 3.8) is 0 Å². The van der Waals surface area contributed by atoms with Gasteiger partial charge in [-0.2, -0.15) is 0 Å². The van der Waals surface area contributed by atoms with Crippen LogP contribution in [-0.2, 0) is 9.84 Å². The third-order valence-corrected chi connectivity index (χ3v) is 8.90. The molecule has 0 N–H and O–H groups in total. The van der Waals surface area contributed by atoms with Crippen LogP contribution in [0.3, 0.4) is 0 Å². The van der Waals surface area contributed by atoms with E-state index in [1.807, 2.05) is 6.07 Å². The maximum atomic E-state index is 12.7. The Bertz CT molecular complexity index is 540. The van der Waals surface area contributed by atoms with Crippen molar-refractivity contribution in [3.8, 4) is 0 Å². The molecule has 2 atom stereocenters. The van der Waals surface area contributed by atoms with Crippen molar-refractivity contribution < 1.29 is 8.42 Å².